The Morgan fingerprint density at radius 2 is 1.23 bits per heavy atom. The fraction of sp³-hybridized carbons (Fsp3) is 0.465. The highest BCUT2D eigenvalue weighted by Gasteiger charge is 2.56. The Labute approximate surface area is 339 Å². The van der Waals surface area contributed by atoms with Crippen molar-refractivity contribution in [2.45, 2.75) is 107 Å². The molecule has 0 aromatic heterocycles. The van der Waals surface area contributed by atoms with Gasteiger partial charge in [0.15, 0.2) is 26.6 Å². The van der Waals surface area contributed by atoms with E-state index in [4.69, 9.17) is 23.4 Å². The number of rotatable bonds is 11. The van der Waals surface area contributed by atoms with Crippen LogP contribution in [-0.2, 0) is 34.7 Å². The van der Waals surface area contributed by atoms with Crippen molar-refractivity contribution in [3.8, 4) is 0 Å². The first-order valence-corrected chi connectivity index (χ1v) is 24.1. The molecule has 0 saturated carbocycles. The van der Waals surface area contributed by atoms with Gasteiger partial charge in [-0.05, 0) is 81.7 Å². The monoisotopic (exact) mass is 821 g/mol. The molecule has 2 aliphatic rings. The summed E-state index contributed by atoms with van der Waals surface area (Å²) in [4.78, 5) is 41.8. The van der Waals surface area contributed by atoms with Gasteiger partial charge in [0.1, 0.15) is 16.3 Å². The number of carbonyl (C=O) groups is 3. The predicted molar refractivity (Wildman–Crippen MR) is 223 cm³/mol. The first kappa shape index (κ1) is 43.7. The van der Waals surface area contributed by atoms with E-state index in [-0.39, 0.29) is 27.6 Å². The van der Waals surface area contributed by atoms with Crippen molar-refractivity contribution in [1.82, 2.24) is 4.72 Å². The first-order valence-electron chi connectivity index (χ1n) is 19.0. The molecule has 3 aromatic rings. The van der Waals surface area contributed by atoms with Crippen molar-refractivity contribution < 1.29 is 42.3 Å². The topological polar surface area (TPSA) is 132 Å². The lowest BCUT2D eigenvalue weighted by Crippen LogP contribution is -2.66. The lowest BCUT2D eigenvalue weighted by molar-refractivity contribution is -0.205. The summed E-state index contributed by atoms with van der Waals surface area (Å²) in [5.74, 6) is -1.60. The molecule has 0 amide bonds. The van der Waals surface area contributed by atoms with Gasteiger partial charge in [-0.3, -0.25) is 0 Å². The highest BCUT2D eigenvalue weighted by atomic mass is 32.2. The summed E-state index contributed by atoms with van der Waals surface area (Å²) in [6, 6.07) is 24.7. The van der Waals surface area contributed by atoms with Crippen molar-refractivity contribution in [2.75, 3.05) is 12.4 Å². The number of esters is 3. The summed E-state index contributed by atoms with van der Waals surface area (Å²) in [5, 5.41) is 0.00433. The summed E-state index contributed by atoms with van der Waals surface area (Å²) in [7, 11) is -2.11. The quantitative estimate of drug-likeness (QED) is 0.0661. The minimum absolute atomic E-state index is 0.00433. The standard InChI is InChI=1S/C43H55NO9S2Si/c1-42(2,3)55(48)44-33-26-18-19-29(27-49-56(7,8)43(4,5)6)28-54-41-37(52-40(47)32-24-16-11-17-25-32)36(51-39(46)31-22-14-10-15-23-31)35(34(33)53-41)50-38(45)30-20-12-9-13-21-30/h9-25,29,33-37,41,44H,26-28H2,1-8H3/b19-18-/t29?,33-,34?,35?,36?,37?,41?,55-/m1/s1. The number of carbonyl (C=O) groups excluding carboxylic acids is 3. The van der Waals surface area contributed by atoms with Crippen LogP contribution in [0.2, 0.25) is 18.1 Å². The van der Waals surface area contributed by atoms with Gasteiger partial charge >= 0.3 is 17.9 Å². The molecular weight excluding hydrogens is 767 g/mol. The fourth-order valence-corrected chi connectivity index (χ4v) is 9.05. The van der Waals surface area contributed by atoms with Gasteiger partial charge in [0.2, 0.25) is 0 Å². The molecule has 2 bridgehead atoms. The Morgan fingerprint density at radius 1 is 0.768 bits per heavy atom. The molecule has 1 N–H and O–H groups in total. The zero-order chi connectivity index (χ0) is 40.7. The molecule has 3 aromatic carbocycles. The van der Waals surface area contributed by atoms with Gasteiger partial charge < -0.3 is 27.9 Å². The van der Waals surface area contributed by atoms with Gasteiger partial charge in [0.25, 0.3) is 0 Å². The van der Waals surface area contributed by atoms with Gasteiger partial charge in [-0.2, -0.15) is 0 Å². The van der Waals surface area contributed by atoms with E-state index in [1.54, 1.807) is 91.0 Å². The van der Waals surface area contributed by atoms with Crippen molar-refractivity contribution in [2.24, 2.45) is 5.92 Å². The second-order valence-electron chi connectivity index (χ2n) is 16.6. The number of thioether (sulfide) groups is 1. The number of nitrogens with one attached hydrogen (secondary N) is 1. The highest BCUT2D eigenvalue weighted by molar-refractivity contribution is 7.99. The molecule has 0 radical (unpaired) electrons. The van der Waals surface area contributed by atoms with Crippen LogP contribution in [0.5, 0.6) is 0 Å². The van der Waals surface area contributed by atoms with Crippen LogP contribution in [0.25, 0.3) is 0 Å². The van der Waals surface area contributed by atoms with Crippen molar-refractivity contribution in [1.29, 1.82) is 0 Å². The molecule has 6 unspecified atom stereocenters. The molecule has 1 saturated heterocycles. The van der Waals surface area contributed by atoms with E-state index in [1.807, 2.05) is 26.8 Å². The van der Waals surface area contributed by atoms with Crippen LogP contribution in [0.4, 0.5) is 0 Å². The molecule has 2 aliphatic heterocycles. The van der Waals surface area contributed by atoms with Crippen LogP contribution in [0.3, 0.4) is 0 Å². The maximum atomic E-state index is 14.0. The summed E-state index contributed by atoms with van der Waals surface area (Å²) in [5.41, 5.74) is -0.0881. The Kier molecular flexibility index (Phi) is 14.7. The van der Waals surface area contributed by atoms with Crippen LogP contribution in [0.1, 0.15) is 79.0 Å². The largest absolute Gasteiger partial charge is 0.598 e. The lowest BCUT2D eigenvalue weighted by Gasteiger charge is -2.47. The minimum atomic E-state index is -2.11. The van der Waals surface area contributed by atoms with E-state index in [2.05, 4.69) is 44.7 Å². The smallest absolute Gasteiger partial charge is 0.338 e. The molecular formula is C43H55NO9S2Si. The molecule has 5 rings (SSSR count). The van der Waals surface area contributed by atoms with Crippen molar-refractivity contribution in [3.63, 3.8) is 0 Å². The van der Waals surface area contributed by atoms with Crippen LogP contribution in [0.15, 0.2) is 103 Å². The van der Waals surface area contributed by atoms with Crippen molar-refractivity contribution in [3.05, 3.63) is 120 Å². The van der Waals surface area contributed by atoms with Gasteiger partial charge in [0.05, 0.1) is 22.7 Å². The molecule has 13 heteroatoms. The maximum Gasteiger partial charge on any atom is 0.338 e. The van der Waals surface area contributed by atoms with Gasteiger partial charge in [-0.15, -0.1) is 16.5 Å². The Balaban J connectivity index is 1.62. The average Bonchev–Trinajstić information content (AvgIpc) is 3.16. The SMILES string of the molecule is CC(C)(C)[S@@+]([O-])N[C@@H]1C/C=C\C(CO[Si](C)(C)C(C)(C)C)CSC2OC1C(OC(=O)c1ccccc1)C(OC(=O)c1ccccc1)C2OC(=O)c1ccccc1. The highest BCUT2D eigenvalue weighted by Crippen LogP contribution is 2.40. The van der Waals surface area contributed by atoms with Gasteiger partial charge in [0, 0.05) is 29.6 Å². The van der Waals surface area contributed by atoms with Crippen LogP contribution >= 0.6 is 11.8 Å². The summed E-state index contributed by atoms with van der Waals surface area (Å²) >= 11 is -0.177. The molecule has 302 valence electrons. The second-order valence-corrected chi connectivity index (χ2v) is 24.5. The molecule has 2 heterocycles. The third-order valence-electron chi connectivity index (χ3n) is 10.2. The van der Waals surface area contributed by atoms with E-state index in [0.29, 0.717) is 18.8 Å². The molecule has 10 nitrogen and oxygen atoms in total. The minimum Gasteiger partial charge on any atom is -0.598 e. The number of hydrogen-bond donors (Lipinski definition) is 1. The number of hydrogen-bond acceptors (Lipinski definition) is 11. The zero-order valence-electron chi connectivity index (χ0n) is 33.5. The fourth-order valence-electron chi connectivity index (χ4n) is 5.88. The predicted octanol–water partition coefficient (Wildman–Crippen LogP) is 8.14. The molecule has 56 heavy (non-hydrogen) atoms. The molecule has 8 atom stereocenters. The summed E-state index contributed by atoms with van der Waals surface area (Å²) < 4.78 is 48.9. The summed E-state index contributed by atoms with van der Waals surface area (Å²) in [6.07, 6.45) is -0.422. The third-order valence-corrected chi connectivity index (χ3v) is 17.7. The van der Waals surface area contributed by atoms with E-state index in [1.165, 1.54) is 11.8 Å². The van der Waals surface area contributed by atoms with E-state index < -0.39 is 78.2 Å². The Bertz CT molecular complexity index is 1780. The maximum absolute atomic E-state index is 14.0. The normalized spacial score (nSPS) is 25.6. The molecule has 1 fully saturated rings. The van der Waals surface area contributed by atoms with Crippen LogP contribution in [0, 0.1) is 5.92 Å². The van der Waals surface area contributed by atoms with E-state index in [9.17, 15) is 18.9 Å². The van der Waals surface area contributed by atoms with Gasteiger partial charge in [-0.1, -0.05) is 87.5 Å². The number of fused-ring (bicyclic) bond motifs is 2. The Hall–Kier alpha value is -3.43. The molecule has 0 aliphatic carbocycles. The lowest BCUT2D eigenvalue weighted by atomic mass is 9.92. The number of ether oxygens (including phenoxy) is 4. The van der Waals surface area contributed by atoms with Crippen LogP contribution < -0.4 is 4.72 Å². The average molecular weight is 822 g/mol. The van der Waals surface area contributed by atoms with Gasteiger partial charge in [-0.25, -0.2) is 14.4 Å². The van der Waals surface area contributed by atoms with Crippen LogP contribution in [-0.4, -0.2) is 83.8 Å². The van der Waals surface area contributed by atoms with E-state index in [0.717, 1.165) is 0 Å². The van der Waals surface area contributed by atoms with Crippen molar-refractivity contribution >= 4 is 49.3 Å². The third kappa shape index (κ3) is 11.4. The summed E-state index contributed by atoms with van der Waals surface area (Å²) in [6.45, 7) is 17.0. The number of benzene rings is 3. The first-order chi connectivity index (χ1) is 26.4. The zero-order valence-corrected chi connectivity index (χ0v) is 36.1. The molecule has 0 spiro atoms. The Morgan fingerprint density at radius 3 is 1.70 bits per heavy atom. The second kappa shape index (κ2) is 18.9. The van der Waals surface area contributed by atoms with E-state index >= 15 is 0 Å².